The Morgan fingerprint density at radius 1 is 1.10 bits per heavy atom. The molecule has 1 N–H and O–H groups in total. The summed E-state index contributed by atoms with van der Waals surface area (Å²) in [6, 6.07) is 15.4. The van der Waals surface area contributed by atoms with Gasteiger partial charge < -0.3 is 24.6 Å². The highest BCUT2D eigenvalue weighted by Gasteiger charge is 2.19. The fraction of sp³-hybridized carbons (Fsp3) is 0.355. The first-order chi connectivity index (χ1) is 19.4. The van der Waals surface area contributed by atoms with Crippen LogP contribution in [0.25, 0.3) is 22.2 Å². The third kappa shape index (κ3) is 6.38. The van der Waals surface area contributed by atoms with Crippen LogP contribution in [0.4, 0.5) is 5.95 Å². The van der Waals surface area contributed by atoms with Crippen LogP contribution in [0, 0.1) is 6.92 Å². The number of para-hydroxylation sites is 1. The summed E-state index contributed by atoms with van der Waals surface area (Å²) in [5.41, 5.74) is 4.89. The third-order valence-corrected chi connectivity index (χ3v) is 7.05. The number of hydrogen-bond acceptors (Lipinski definition) is 8. The van der Waals surface area contributed by atoms with Crippen LogP contribution in [0.5, 0.6) is 5.75 Å². The van der Waals surface area contributed by atoms with Crippen molar-refractivity contribution in [3.8, 4) is 17.0 Å². The molecule has 208 valence electrons. The fourth-order valence-corrected chi connectivity index (χ4v) is 4.72. The van der Waals surface area contributed by atoms with Crippen molar-refractivity contribution in [2.75, 3.05) is 58.5 Å². The van der Waals surface area contributed by atoms with Crippen molar-refractivity contribution in [3.05, 3.63) is 77.6 Å². The Morgan fingerprint density at radius 2 is 1.85 bits per heavy atom. The second-order valence-corrected chi connectivity index (χ2v) is 10.3. The lowest BCUT2D eigenvalue weighted by Gasteiger charge is -2.26. The zero-order chi connectivity index (χ0) is 28.1. The maximum absolute atomic E-state index is 13.4. The van der Waals surface area contributed by atoms with Gasteiger partial charge in [0.1, 0.15) is 12.4 Å². The van der Waals surface area contributed by atoms with Gasteiger partial charge >= 0.3 is 0 Å². The summed E-state index contributed by atoms with van der Waals surface area (Å²) >= 11 is 0. The highest BCUT2D eigenvalue weighted by atomic mass is 16.5. The van der Waals surface area contributed by atoms with Gasteiger partial charge in [0.25, 0.3) is 5.91 Å². The van der Waals surface area contributed by atoms with E-state index in [4.69, 9.17) is 14.5 Å². The first-order valence-electron chi connectivity index (χ1n) is 13.6. The Kier molecular flexibility index (Phi) is 8.52. The number of carbonyl (C=O) groups is 1. The lowest BCUT2D eigenvalue weighted by atomic mass is 9.99. The van der Waals surface area contributed by atoms with Crippen LogP contribution in [0.3, 0.4) is 0 Å². The van der Waals surface area contributed by atoms with Crippen molar-refractivity contribution in [1.29, 1.82) is 0 Å². The van der Waals surface area contributed by atoms with Crippen LogP contribution in [0.15, 0.2) is 60.9 Å². The van der Waals surface area contributed by atoms with E-state index in [0.29, 0.717) is 37.1 Å². The molecular formula is C31H36N6O3. The first-order valence-corrected chi connectivity index (χ1v) is 13.6. The number of aryl methyl sites for hydroxylation is 1. The van der Waals surface area contributed by atoms with Crippen LogP contribution >= 0.6 is 0 Å². The zero-order valence-corrected chi connectivity index (χ0v) is 23.6. The lowest BCUT2D eigenvalue weighted by molar-refractivity contribution is 0.0939. The molecule has 5 rings (SSSR count). The molecular weight excluding hydrogens is 504 g/mol. The number of pyridine rings is 1. The van der Waals surface area contributed by atoms with E-state index in [0.717, 1.165) is 52.9 Å². The molecule has 9 heteroatoms. The molecule has 1 aliphatic rings. The summed E-state index contributed by atoms with van der Waals surface area (Å²) < 4.78 is 11.3. The summed E-state index contributed by atoms with van der Waals surface area (Å²) in [5.74, 6) is 1.23. The predicted molar refractivity (Wildman–Crippen MR) is 157 cm³/mol. The molecule has 1 atom stereocenters. The Bertz CT molecular complexity index is 1470. The van der Waals surface area contributed by atoms with Gasteiger partial charge in [-0.2, -0.15) is 0 Å². The highest BCUT2D eigenvalue weighted by molar-refractivity contribution is 5.96. The molecule has 2 aromatic heterocycles. The predicted octanol–water partition coefficient (Wildman–Crippen LogP) is 4.27. The van der Waals surface area contributed by atoms with Crippen molar-refractivity contribution in [2.45, 2.75) is 19.9 Å². The second-order valence-electron chi connectivity index (χ2n) is 10.3. The van der Waals surface area contributed by atoms with Crippen LogP contribution in [0.2, 0.25) is 0 Å². The number of nitrogens with zero attached hydrogens (tertiary/aromatic N) is 5. The molecule has 0 unspecified atom stereocenters. The minimum Gasteiger partial charge on any atom is -0.492 e. The average Bonchev–Trinajstić information content (AvgIpc) is 2.97. The number of likely N-dealkylation sites (N-methyl/N-ethyl adjacent to an activating group) is 1. The number of fused-ring (bicyclic) bond motifs is 1. The van der Waals surface area contributed by atoms with E-state index >= 15 is 0 Å². The number of amides is 1. The van der Waals surface area contributed by atoms with Gasteiger partial charge in [-0.3, -0.25) is 4.79 Å². The van der Waals surface area contributed by atoms with E-state index in [1.54, 1.807) is 0 Å². The van der Waals surface area contributed by atoms with Crippen molar-refractivity contribution < 1.29 is 14.3 Å². The maximum atomic E-state index is 13.4. The molecule has 9 nitrogen and oxygen atoms in total. The smallest absolute Gasteiger partial charge is 0.252 e. The number of benzene rings is 2. The van der Waals surface area contributed by atoms with Gasteiger partial charge in [0.05, 0.1) is 30.5 Å². The van der Waals surface area contributed by atoms with E-state index in [-0.39, 0.29) is 11.9 Å². The SMILES string of the molecule is Cc1ccc(OCCN(C)C)cc1C(=O)N[C@H](C)c1cc(-c2cnc(N3CCOCC3)nc2)nc2ccccc12. The summed E-state index contributed by atoms with van der Waals surface area (Å²) in [6.07, 6.45) is 3.63. The quantitative estimate of drug-likeness (QED) is 0.337. The number of aromatic nitrogens is 3. The molecule has 1 amide bonds. The molecule has 1 aliphatic heterocycles. The largest absolute Gasteiger partial charge is 0.492 e. The lowest BCUT2D eigenvalue weighted by Crippen LogP contribution is -2.37. The van der Waals surface area contributed by atoms with Crippen molar-refractivity contribution in [2.24, 2.45) is 0 Å². The van der Waals surface area contributed by atoms with E-state index in [2.05, 4.69) is 25.1 Å². The van der Waals surface area contributed by atoms with Gasteiger partial charge in [-0.25, -0.2) is 15.0 Å². The molecule has 0 saturated carbocycles. The van der Waals surface area contributed by atoms with Crippen molar-refractivity contribution >= 4 is 22.8 Å². The number of morpholine rings is 1. The maximum Gasteiger partial charge on any atom is 0.252 e. The molecule has 1 fully saturated rings. The Hall–Kier alpha value is -4.08. The first kappa shape index (κ1) is 27.5. The van der Waals surface area contributed by atoms with Gasteiger partial charge in [-0.05, 0) is 63.3 Å². The van der Waals surface area contributed by atoms with Crippen LogP contribution < -0.4 is 15.0 Å². The van der Waals surface area contributed by atoms with Crippen LogP contribution in [0.1, 0.15) is 34.5 Å². The Morgan fingerprint density at radius 3 is 2.60 bits per heavy atom. The summed E-state index contributed by atoms with van der Waals surface area (Å²) in [4.78, 5) is 31.7. The van der Waals surface area contributed by atoms with Gasteiger partial charge in [0.2, 0.25) is 5.95 Å². The van der Waals surface area contributed by atoms with Crippen molar-refractivity contribution in [3.63, 3.8) is 0 Å². The molecule has 0 radical (unpaired) electrons. The van der Waals surface area contributed by atoms with Crippen LogP contribution in [-0.2, 0) is 4.74 Å². The topological polar surface area (TPSA) is 92.7 Å². The standard InChI is InChI=1S/C31H36N6O3/c1-21-9-10-24(40-16-11-36(3)4)17-26(21)30(38)34-22(2)27-18-29(35-28-8-6-5-7-25(27)28)23-19-32-31(33-20-23)37-12-14-39-15-13-37/h5-10,17-20,22H,11-16H2,1-4H3,(H,34,38)/t22-/m1/s1. The number of hydrogen-bond donors (Lipinski definition) is 1. The zero-order valence-electron chi connectivity index (χ0n) is 23.6. The summed E-state index contributed by atoms with van der Waals surface area (Å²) in [7, 11) is 4.00. The number of ether oxygens (including phenoxy) is 2. The minimum absolute atomic E-state index is 0.149. The van der Waals surface area contributed by atoms with Crippen molar-refractivity contribution in [1.82, 2.24) is 25.2 Å². The average molecular weight is 541 g/mol. The number of nitrogens with one attached hydrogen (secondary N) is 1. The molecule has 2 aromatic carbocycles. The molecule has 0 spiro atoms. The monoisotopic (exact) mass is 540 g/mol. The minimum atomic E-state index is -0.273. The number of rotatable bonds is 9. The summed E-state index contributed by atoms with van der Waals surface area (Å²) in [6.45, 7) is 8.19. The van der Waals surface area contributed by atoms with Crippen LogP contribution in [-0.4, -0.2) is 79.3 Å². The number of carbonyl (C=O) groups excluding carboxylic acids is 1. The Labute approximate surface area is 235 Å². The Balaban J connectivity index is 1.39. The highest BCUT2D eigenvalue weighted by Crippen LogP contribution is 2.29. The van der Waals surface area contributed by atoms with E-state index in [1.165, 1.54) is 0 Å². The van der Waals surface area contributed by atoms with Gasteiger partial charge in [-0.1, -0.05) is 24.3 Å². The van der Waals surface area contributed by atoms with E-state index < -0.39 is 0 Å². The van der Waals surface area contributed by atoms with Gasteiger partial charge in [0, 0.05) is 48.5 Å². The van der Waals surface area contributed by atoms with Gasteiger partial charge in [-0.15, -0.1) is 0 Å². The normalized spacial score (nSPS) is 14.4. The summed E-state index contributed by atoms with van der Waals surface area (Å²) in [5, 5.41) is 4.19. The molecule has 1 saturated heterocycles. The van der Waals surface area contributed by atoms with Gasteiger partial charge in [0.15, 0.2) is 0 Å². The molecule has 3 heterocycles. The fourth-order valence-electron chi connectivity index (χ4n) is 4.72. The van der Waals surface area contributed by atoms with E-state index in [1.807, 2.05) is 88.9 Å². The third-order valence-electron chi connectivity index (χ3n) is 7.05. The number of anilines is 1. The van der Waals surface area contributed by atoms with E-state index in [9.17, 15) is 4.79 Å². The second kappa shape index (κ2) is 12.4. The molecule has 0 aliphatic carbocycles. The molecule has 40 heavy (non-hydrogen) atoms. The molecule has 4 aromatic rings. The molecule has 0 bridgehead atoms.